The molecule has 1 aromatic carbocycles. The fourth-order valence-corrected chi connectivity index (χ4v) is 3.05. The number of halogens is 1. The molecule has 114 valence electrons. The molecule has 1 unspecified atom stereocenters. The van der Waals surface area contributed by atoms with Gasteiger partial charge < -0.3 is 4.98 Å². The summed E-state index contributed by atoms with van der Waals surface area (Å²) < 4.78 is 1.64. The van der Waals surface area contributed by atoms with Gasteiger partial charge in [0.1, 0.15) is 5.39 Å². The first-order valence-corrected chi connectivity index (χ1v) is 8.25. The van der Waals surface area contributed by atoms with Crippen molar-refractivity contribution < 1.29 is 0 Å². The van der Waals surface area contributed by atoms with Crippen LogP contribution >= 0.6 is 23.4 Å². The summed E-state index contributed by atoms with van der Waals surface area (Å²) in [5, 5.41) is 6.34. The van der Waals surface area contributed by atoms with Crippen molar-refractivity contribution in [2.45, 2.75) is 30.7 Å². The zero-order valence-corrected chi connectivity index (χ0v) is 13.8. The molecular formula is C15H15ClN4OS. The monoisotopic (exact) mass is 334 g/mol. The molecule has 7 heteroatoms. The molecule has 0 radical (unpaired) electrons. The van der Waals surface area contributed by atoms with E-state index in [1.807, 2.05) is 12.1 Å². The molecule has 0 fully saturated rings. The van der Waals surface area contributed by atoms with E-state index in [9.17, 15) is 4.79 Å². The Morgan fingerprint density at radius 2 is 2.27 bits per heavy atom. The van der Waals surface area contributed by atoms with Crippen molar-refractivity contribution in [3.8, 4) is 5.69 Å². The van der Waals surface area contributed by atoms with Gasteiger partial charge in [0, 0.05) is 10.3 Å². The Bertz CT molecular complexity index is 873. The van der Waals surface area contributed by atoms with Crippen molar-refractivity contribution in [2.24, 2.45) is 0 Å². The highest BCUT2D eigenvalue weighted by molar-refractivity contribution is 7.99. The Morgan fingerprint density at radius 3 is 3.00 bits per heavy atom. The van der Waals surface area contributed by atoms with Crippen LogP contribution in [0.4, 0.5) is 0 Å². The van der Waals surface area contributed by atoms with Gasteiger partial charge in [-0.15, -0.1) is 0 Å². The smallest absolute Gasteiger partial charge is 0.262 e. The largest absolute Gasteiger partial charge is 0.301 e. The van der Waals surface area contributed by atoms with Crippen LogP contribution in [0.3, 0.4) is 0 Å². The van der Waals surface area contributed by atoms with Gasteiger partial charge in [-0.25, -0.2) is 9.67 Å². The molecule has 0 aliphatic rings. The maximum Gasteiger partial charge on any atom is 0.262 e. The van der Waals surface area contributed by atoms with Crippen molar-refractivity contribution in [3.63, 3.8) is 0 Å². The average Bonchev–Trinajstić information content (AvgIpc) is 2.91. The molecule has 0 saturated heterocycles. The second kappa shape index (κ2) is 6.14. The summed E-state index contributed by atoms with van der Waals surface area (Å²) in [5.41, 5.74) is 1.14. The van der Waals surface area contributed by atoms with Crippen LogP contribution in [-0.2, 0) is 0 Å². The number of aromatic amines is 1. The van der Waals surface area contributed by atoms with Gasteiger partial charge in [-0.1, -0.05) is 43.3 Å². The zero-order valence-electron chi connectivity index (χ0n) is 12.2. The Hall–Kier alpha value is -1.79. The molecule has 5 nitrogen and oxygen atoms in total. The quantitative estimate of drug-likeness (QED) is 0.584. The van der Waals surface area contributed by atoms with Crippen LogP contribution in [0.25, 0.3) is 16.7 Å². The van der Waals surface area contributed by atoms with Crippen LogP contribution in [0.15, 0.2) is 40.4 Å². The van der Waals surface area contributed by atoms with E-state index in [0.717, 1.165) is 12.1 Å². The SMILES string of the molecule is CCC(C)Sc1nc2c(cnn2-c2cccc(Cl)c2)c(=O)[nH]1. The lowest BCUT2D eigenvalue weighted by molar-refractivity contribution is 0.860. The predicted octanol–water partition coefficient (Wildman–Crippen LogP) is 3.65. The zero-order chi connectivity index (χ0) is 15.7. The third-order valence-corrected chi connectivity index (χ3v) is 4.74. The summed E-state index contributed by atoms with van der Waals surface area (Å²) in [6.45, 7) is 4.20. The van der Waals surface area contributed by atoms with E-state index < -0.39 is 0 Å². The predicted molar refractivity (Wildman–Crippen MR) is 90.1 cm³/mol. The number of fused-ring (bicyclic) bond motifs is 1. The topological polar surface area (TPSA) is 63.6 Å². The number of rotatable bonds is 4. The molecule has 3 rings (SSSR count). The molecule has 1 atom stereocenters. The van der Waals surface area contributed by atoms with Gasteiger partial charge in [-0.3, -0.25) is 4.79 Å². The molecule has 22 heavy (non-hydrogen) atoms. The van der Waals surface area contributed by atoms with E-state index in [1.54, 1.807) is 28.6 Å². The van der Waals surface area contributed by atoms with Crippen molar-refractivity contribution in [1.82, 2.24) is 19.7 Å². The Balaban J connectivity index is 2.14. The summed E-state index contributed by atoms with van der Waals surface area (Å²) in [7, 11) is 0. The molecule has 3 aromatic rings. The molecule has 0 aliphatic carbocycles. The maximum absolute atomic E-state index is 12.2. The molecule has 0 bridgehead atoms. The first kappa shape index (κ1) is 15.1. The average molecular weight is 335 g/mol. The highest BCUT2D eigenvalue weighted by Crippen LogP contribution is 2.23. The number of aromatic nitrogens is 4. The van der Waals surface area contributed by atoms with Crippen LogP contribution in [-0.4, -0.2) is 25.0 Å². The third-order valence-electron chi connectivity index (χ3n) is 3.36. The molecule has 1 N–H and O–H groups in total. The van der Waals surface area contributed by atoms with Gasteiger partial charge in [-0.05, 0) is 24.6 Å². The van der Waals surface area contributed by atoms with Gasteiger partial charge in [0.25, 0.3) is 5.56 Å². The van der Waals surface area contributed by atoms with E-state index in [4.69, 9.17) is 11.6 Å². The molecule has 0 amide bonds. The number of hydrogen-bond donors (Lipinski definition) is 1. The van der Waals surface area contributed by atoms with Gasteiger partial charge in [0.15, 0.2) is 10.8 Å². The first-order chi connectivity index (χ1) is 10.6. The number of H-pyrrole nitrogens is 1. The van der Waals surface area contributed by atoms with Gasteiger partial charge >= 0.3 is 0 Å². The van der Waals surface area contributed by atoms with Gasteiger partial charge in [0.05, 0.1) is 11.9 Å². The lowest BCUT2D eigenvalue weighted by Gasteiger charge is -2.08. The highest BCUT2D eigenvalue weighted by Gasteiger charge is 2.13. The number of nitrogens with one attached hydrogen (secondary N) is 1. The van der Waals surface area contributed by atoms with E-state index >= 15 is 0 Å². The van der Waals surface area contributed by atoms with Crippen LogP contribution < -0.4 is 5.56 Å². The van der Waals surface area contributed by atoms with Crippen LogP contribution in [0.1, 0.15) is 20.3 Å². The van der Waals surface area contributed by atoms with Crippen molar-refractivity contribution in [3.05, 3.63) is 45.8 Å². The summed E-state index contributed by atoms with van der Waals surface area (Å²) in [4.78, 5) is 19.6. The minimum Gasteiger partial charge on any atom is -0.301 e. The Morgan fingerprint density at radius 1 is 1.45 bits per heavy atom. The molecule has 0 aliphatic heterocycles. The lowest BCUT2D eigenvalue weighted by atomic mass is 10.3. The minimum atomic E-state index is -0.177. The number of nitrogens with zero attached hydrogens (tertiary/aromatic N) is 3. The van der Waals surface area contributed by atoms with Crippen molar-refractivity contribution >= 4 is 34.4 Å². The summed E-state index contributed by atoms with van der Waals surface area (Å²) in [5.74, 6) is 0. The standard InChI is InChI=1S/C15H15ClN4OS/c1-3-9(2)22-15-18-13-12(14(21)19-15)8-17-20(13)11-6-4-5-10(16)7-11/h4-9H,3H2,1-2H3,(H,18,19,21). The van der Waals surface area contributed by atoms with E-state index in [0.29, 0.717) is 26.5 Å². The summed E-state index contributed by atoms with van der Waals surface area (Å²) in [6, 6.07) is 7.30. The fourth-order valence-electron chi connectivity index (χ4n) is 2.02. The van der Waals surface area contributed by atoms with Gasteiger partial charge in [-0.2, -0.15) is 5.10 Å². The van der Waals surface area contributed by atoms with Crippen LogP contribution in [0, 0.1) is 0 Å². The van der Waals surface area contributed by atoms with Crippen LogP contribution in [0.2, 0.25) is 5.02 Å². The molecule has 0 spiro atoms. The molecular weight excluding hydrogens is 320 g/mol. The first-order valence-electron chi connectivity index (χ1n) is 6.99. The lowest BCUT2D eigenvalue weighted by Crippen LogP contribution is -2.11. The van der Waals surface area contributed by atoms with Crippen molar-refractivity contribution in [1.29, 1.82) is 0 Å². The van der Waals surface area contributed by atoms with E-state index in [-0.39, 0.29) is 5.56 Å². The molecule has 0 saturated carbocycles. The molecule has 2 heterocycles. The van der Waals surface area contributed by atoms with E-state index in [1.165, 1.54) is 6.20 Å². The fraction of sp³-hybridized carbons (Fsp3) is 0.267. The number of benzene rings is 1. The maximum atomic E-state index is 12.2. The highest BCUT2D eigenvalue weighted by atomic mass is 35.5. The number of hydrogen-bond acceptors (Lipinski definition) is 4. The number of thioether (sulfide) groups is 1. The second-order valence-electron chi connectivity index (χ2n) is 4.98. The van der Waals surface area contributed by atoms with Crippen molar-refractivity contribution in [2.75, 3.05) is 0 Å². The Kier molecular flexibility index (Phi) is 4.22. The van der Waals surface area contributed by atoms with Crippen LogP contribution in [0.5, 0.6) is 0 Å². The normalized spacial score (nSPS) is 12.7. The molecule has 2 aromatic heterocycles. The summed E-state index contributed by atoms with van der Waals surface area (Å²) in [6.07, 6.45) is 2.53. The van der Waals surface area contributed by atoms with Gasteiger partial charge in [0.2, 0.25) is 0 Å². The second-order valence-corrected chi connectivity index (χ2v) is 6.84. The summed E-state index contributed by atoms with van der Waals surface area (Å²) >= 11 is 7.58. The minimum absolute atomic E-state index is 0.177. The Labute approximate surface area is 136 Å². The van der Waals surface area contributed by atoms with E-state index in [2.05, 4.69) is 28.9 Å². The third kappa shape index (κ3) is 2.89.